The van der Waals surface area contributed by atoms with Gasteiger partial charge < -0.3 is 19.5 Å². The van der Waals surface area contributed by atoms with Gasteiger partial charge >= 0.3 is 0 Å². The lowest BCUT2D eigenvalue weighted by atomic mass is 9.97. The van der Waals surface area contributed by atoms with E-state index in [9.17, 15) is 15.0 Å². The first-order valence-corrected chi connectivity index (χ1v) is 5.25. The van der Waals surface area contributed by atoms with Gasteiger partial charge in [0.25, 0.3) is 0 Å². The van der Waals surface area contributed by atoms with Crippen LogP contribution in [0.5, 0.6) is 0 Å². The molecular weight excluding hydrogens is 182 g/mol. The molecule has 0 saturated carbocycles. The van der Waals surface area contributed by atoms with Crippen LogP contribution in [0.15, 0.2) is 0 Å². The van der Waals surface area contributed by atoms with Crippen LogP contribution in [0.2, 0.25) is 0 Å². The fourth-order valence-corrected chi connectivity index (χ4v) is 3.25. The predicted molar refractivity (Wildman–Crippen MR) is 48.1 cm³/mol. The van der Waals surface area contributed by atoms with Gasteiger partial charge in [-0.3, -0.25) is 0 Å². The van der Waals surface area contributed by atoms with E-state index in [0.29, 0.717) is 16.6 Å². The van der Waals surface area contributed by atoms with Crippen LogP contribution in [0.1, 0.15) is 25.7 Å². The molecule has 0 aliphatic carbocycles. The van der Waals surface area contributed by atoms with E-state index in [0.717, 1.165) is 25.7 Å². The number of fused-ring (bicyclic) bond motifs is 2. The second-order valence-electron chi connectivity index (χ2n) is 4.89. The van der Waals surface area contributed by atoms with Crippen molar-refractivity contribution in [2.45, 2.75) is 43.9 Å². The molecule has 0 amide bonds. The van der Waals surface area contributed by atoms with Gasteiger partial charge in [0.05, 0.1) is 31.2 Å². The Morgan fingerprint density at radius 1 is 1.43 bits per heavy atom. The van der Waals surface area contributed by atoms with Gasteiger partial charge in [0, 0.05) is 25.7 Å². The van der Waals surface area contributed by atoms with Gasteiger partial charge in [-0.2, -0.15) is 0 Å². The van der Waals surface area contributed by atoms with Crippen molar-refractivity contribution in [1.29, 1.82) is 0 Å². The van der Waals surface area contributed by atoms with Crippen LogP contribution in [-0.2, 0) is 4.79 Å². The van der Waals surface area contributed by atoms with E-state index >= 15 is 0 Å². The number of hydrogen-bond donors (Lipinski definition) is 1. The van der Waals surface area contributed by atoms with E-state index in [1.54, 1.807) is 0 Å². The number of hydrogen-bond acceptors (Lipinski definition) is 3. The molecule has 2 rings (SSSR count). The molecule has 0 aromatic rings. The van der Waals surface area contributed by atoms with Gasteiger partial charge in [0.1, 0.15) is 6.54 Å². The highest BCUT2D eigenvalue weighted by atomic mass is 16.4. The van der Waals surface area contributed by atoms with E-state index in [1.165, 1.54) is 0 Å². The van der Waals surface area contributed by atoms with Crippen LogP contribution in [0.4, 0.5) is 0 Å². The van der Waals surface area contributed by atoms with Crippen LogP contribution >= 0.6 is 0 Å². The minimum absolute atomic E-state index is 0.0993. The molecule has 0 aromatic carbocycles. The first kappa shape index (κ1) is 9.93. The van der Waals surface area contributed by atoms with E-state index in [4.69, 9.17) is 0 Å². The molecule has 2 heterocycles. The Morgan fingerprint density at radius 2 is 1.93 bits per heavy atom. The number of carbonyl (C=O) groups excluding carboxylic acids is 1. The lowest BCUT2D eigenvalue weighted by Gasteiger charge is -2.46. The van der Waals surface area contributed by atoms with E-state index in [2.05, 4.69) is 0 Å². The van der Waals surface area contributed by atoms with Crippen LogP contribution < -0.4 is 5.11 Å². The summed E-state index contributed by atoms with van der Waals surface area (Å²) in [6.45, 7) is 0.0993. The van der Waals surface area contributed by atoms with Crippen molar-refractivity contribution >= 4 is 5.97 Å². The summed E-state index contributed by atoms with van der Waals surface area (Å²) in [5.74, 6) is -0.971. The summed E-state index contributed by atoms with van der Waals surface area (Å²) in [7, 11) is 1.99. The number of aliphatic hydroxyl groups excluding tert-OH is 1. The zero-order valence-corrected chi connectivity index (χ0v) is 8.48. The molecule has 2 fully saturated rings. The first-order chi connectivity index (χ1) is 6.52. The molecule has 14 heavy (non-hydrogen) atoms. The number of likely N-dealkylation sites (N-methyl/N-ethyl adjacent to an activating group) is 1. The molecule has 2 unspecified atom stereocenters. The number of rotatable bonds is 2. The SMILES string of the molecule is C[N+]1(CC(=O)[O-])[C@@H]2CC[C@H]1CC(O)C2. The van der Waals surface area contributed by atoms with Crippen LogP contribution in [0.3, 0.4) is 0 Å². The topological polar surface area (TPSA) is 60.4 Å². The third-order valence-corrected chi connectivity index (χ3v) is 4.06. The van der Waals surface area contributed by atoms with E-state index < -0.39 is 5.97 Å². The maximum atomic E-state index is 10.7. The molecule has 4 nitrogen and oxygen atoms in total. The Kier molecular flexibility index (Phi) is 2.27. The zero-order chi connectivity index (χ0) is 10.3. The van der Waals surface area contributed by atoms with Crippen molar-refractivity contribution in [3.05, 3.63) is 0 Å². The molecule has 80 valence electrons. The summed E-state index contributed by atoms with van der Waals surface area (Å²) in [5, 5.41) is 20.3. The number of piperidine rings is 1. The summed E-state index contributed by atoms with van der Waals surface area (Å²) in [4.78, 5) is 10.7. The fourth-order valence-electron chi connectivity index (χ4n) is 3.25. The van der Waals surface area contributed by atoms with Crippen molar-refractivity contribution in [2.24, 2.45) is 0 Å². The minimum atomic E-state index is -0.971. The summed E-state index contributed by atoms with van der Waals surface area (Å²) in [6.07, 6.45) is 3.37. The quantitative estimate of drug-likeness (QED) is 0.572. The van der Waals surface area contributed by atoms with Gasteiger partial charge in [0.15, 0.2) is 0 Å². The van der Waals surface area contributed by atoms with Gasteiger partial charge in [0.2, 0.25) is 0 Å². The molecule has 0 aromatic heterocycles. The summed E-state index contributed by atoms with van der Waals surface area (Å²) < 4.78 is 0.583. The average molecular weight is 199 g/mol. The Balaban J connectivity index is 2.16. The third-order valence-electron chi connectivity index (χ3n) is 4.06. The number of carboxylic acids is 1. The van der Waals surface area contributed by atoms with Crippen molar-refractivity contribution < 1.29 is 19.5 Å². The Hall–Kier alpha value is -0.610. The van der Waals surface area contributed by atoms with Crippen molar-refractivity contribution in [3.63, 3.8) is 0 Å². The van der Waals surface area contributed by atoms with Crippen LogP contribution in [0, 0.1) is 0 Å². The number of carboxylic acid groups (broad SMARTS) is 1. The molecule has 1 N–H and O–H groups in total. The number of nitrogens with zero attached hydrogens (tertiary/aromatic N) is 1. The van der Waals surface area contributed by atoms with Crippen LogP contribution in [0.25, 0.3) is 0 Å². The number of aliphatic hydroxyl groups is 1. The molecule has 2 aliphatic heterocycles. The first-order valence-electron chi connectivity index (χ1n) is 5.25. The maximum Gasteiger partial charge on any atom is 0.119 e. The molecule has 2 aliphatic rings. The van der Waals surface area contributed by atoms with Gasteiger partial charge in [-0.1, -0.05) is 0 Å². The maximum absolute atomic E-state index is 10.7. The molecular formula is C10H17NO3. The van der Waals surface area contributed by atoms with Crippen molar-refractivity contribution in [1.82, 2.24) is 0 Å². The standard InChI is InChI=1S/C10H17NO3/c1-11(6-10(13)14)7-2-3-8(11)5-9(12)4-7/h7-9,12H,2-6H2,1H3/t7-,8+,9?,11?. The minimum Gasteiger partial charge on any atom is -0.544 e. The van der Waals surface area contributed by atoms with Gasteiger partial charge in [-0.05, 0) is 0 Å². The zero-order valence-electron chi connectivity index (χ0n) is 8.48. The van der Waals surface area contributed by atoms with E-state index in [-0.39, 0.29) is 12.6 Å². The molecule has 4 heteroatoms. The van der Waals surface area contributed by atoms with Gasteiger partial charge in [-0.15, -0.1) is 0 Å². The fraction of sp³-hybridized carbons (Fsp3) is 0.900. The number of carbonyl (C=O) groups is 1. The molecule has 2 bridgehead atoms. The summed E-state index contributed by atoms with van der Waals surface area (Å²) in [5.41, 5.74) is 0. The molecule has 0 radical (unpaired) electrons. The summed E-state index contributed by atoms with van der Waals surface area (Å²) >= 11 is 0. The lowest BCUT2D eigenvalue weighted by molar-refractivity contribution is -0.944. The predicted octanol–water partition coefficient (Wildman–Crippen LogP) is -1.13. The Morgan fingerprint density at radius 3 is 2.36 bits per heavy atom. The smallest absolute Gasteiger partial charge is 0.119 e. The van der Waals surface area contributed by atoms with E-state index in [1.807, 2.05) is 7.05 Å². The Bertz CT molecular complexity index is 240. The number of quaternary nitrogens is 1. The highest BCUT2D eigenvalue weighted by Crippen LogP contribution is 2.40. The second kappa shape index (κ2) is 3.21. The lowest BCUT2D eigenvalue weighted by Crippen LogP contribution is -2.62. The second-order valence-corrected chi connectivity index (χ2v) is 4.89. The molecule has 4 atom stereocenters. The van der Waals surface area contributed by atoms with Gasteiger partial charge in [-0.25, -0.2) is 0 Å². The highest BCUT2D eigenvalue weighted by molar-refractivity contribution is 5.65. The molecule has 0 spiro atoms. The normalized spacial score (nSPS) is 46.6. The monoisotopic (exact) mass is 199 g/mol. The largest absolute Gasteiger partial charge is 0.544 e. The Labute approximate surface area is 83.7 Å². The number of aliphatic carboxylic acids is 1. The highest BCUT2D eigenvalue weighted by Gasteiger charge is 2.50. The average Bonchev–Trinajstić information content (AvgIpc) is 2.30. The van der Waals surface area contributed by atoms with Crippen molar-refractivity contribution in [2.75, 3.05) is 13.6 Å². The van der Waals surface area contributed by atoms with Crippen LogP contribution in [-0.4, -0.2) is 47.3 Å². The summed E-state index contributed by atoms with van der Waals surface area (Å²) in [6, 6.07) is 0.642. The molecule has 2 saturated heterocycles. The third kappa shape index (κ3) is 1.42. The van der Waals surface area contributed by atoms with Crippen molar-refractivity contribution in [3.8, 4) is 0 Å².